The van der Waals surface area contributed by atoms with Gasteiger partial charge in [-0.25, -0.2) is 0 Å². The Kier molecular flexibility index (Phi) is 2.82. The minimum atomic E-state index is -0.419. The van der Waals surface area contributed by atoms with Crippen LogP contribution in [0.15, 0.2) is 24.3 Å². The van der Waals surface area contributed by atoms with E-state index in [1.165, 1.54) is 6.07 Å². The van der Waals surface area contributed by atoms with Gasteiger partial charge in [-0.1, -0.05) is 12.1 Å². The summed E-state index contributed by atoms with van der Waals surface area (Å²) in [5.41, 5.74) is 0.0319. The molecule has 1 aliphatic rings. The molecule has 1 aromatic carbocycles. The summed E-state index contributed by atoms with van der Waals surface area (Å²) in [6.45, 7) is 1.66. The second kappa shape index (κ2) is 4.27. The van der Waals surface area contributed by atoms with Gasteiger partial charge in [-0.2, -0.15) is 0 Å². The maximum atomic E-state index is 10.7. The van der Waals surface area contributed by atoms with E-state index in [0.29, 0.717) is 5.75 Å². The standard InChI is InChI=1S/C10H12N2O3/c13-12(14)9-3-1-2-4-10(9)15-8-5-6-11-7-8/h1-4,8,11H,5-7H2/t8-/m0/s1. The molecule has 0 amide bonds. The Hall–Kier alpha value is -1.62. The fourth-order valence-corrected chi connectivity index (χ4v) is 1.62. The van der Waals surface area contributed by atoms with E-state index >= 15 is 0 Å². The second-order valence-corrected chi connectivity index (χ2v) is 3.46. The maximum absolute atomic E-state index is 10.7. The summed E-state index contributed by atoms with van der Waals surface area (Å²) in [6, 6.07) is 6.47. The number of ether oxygens (including phenoxy) is 1. The fraction of sp³-hybridized carbons (Fsp3) is 0.400. The summed E-state index contributed by atoms with van der Waals surface area (Å²) >= 11 is 0. The molecule has 1 fully saturated rings. The predicted octanol–water partition coefficient (Wildman–Crippen LogP) is 1.34. The minimum Gasteiger partial charge on any atom is -0.482 e. The molecule has 1 aromatic rings. The summed E-state index contributed by atoms with van der Waals surface area (Å²) in [4.78, 5) is 10.3. The van der Waals surface area contributed by atoms with Gasteiger partial charge in [-0.3, -0.25) is 10.1 Å². The van der Waals surface area contributed by atoms with E-state index in [4.69, 9.17) is 4.74 Å². The maximum Gasteiger partial charge on any atom is 0.310 e. The highest BCUT2D eigenvalue weighted by atomic mass is 16.6. The van der Waals surface area contributed by atoms with Crippen molar-refractivity contribution in [3.63, 3.8) is 0 Å². The number of hydrogen-bond donors (Lipinski definition) is 1. The van der Waals surface area contributed by atoms with Crippen LogP contribution < -0.4 is 10.1 Å². The van der Waals surface area contributed by atoms with Gasteiger partial charge in [0.2, 0.25) is 0 Å². The molecule has 0 aliphatic carbocycles. The molecule has 0 radical (unpaired) electrons. The highest BCUT2D eigenvalue weighted by molar-refractivity contribution is 5.45. The number of benzene rings is 1. The molecule has 1 atom stereocenters. The van der Waals surface area contributed by atoms with Crippen LogP contribution in [0.4, 0.5) is 5.69 Å². The molecule has 5 nitrogen and oxygen atoms in total. The van der Waals surface area contributed by atoms with Crippen molar-refractivity contribution in [2.45, 2.75) is 12.5 Å². The number of nitro groups is 1. The Bertz CT molecular complexity index is 361. The number of nitrogens with zero attached hydrogens (tertiary/aromatic N) is 1. The first-order chi connectivity index (χ1) is 7.27. The van der Waals surface area contributed by atoms with Crippen molar-refractivity contribution in [2.75, 3.05) is 13.1 Å². The van der Waals surface area contributed by atoms with Crippen molar-refractivity contribution in [2.24, 2.45) is 0 Å². The first-order valence-corrected chi connectivity index (χ1v) is 4.88. The van der Waals surface area contributed by atoms with Gasteiger partial charge < -0.3 is 10.1 Å². The van der Waals surface area contributed by atoms with Gasteiger partial charge >= 0.3 is 5.69 Å². The van der Waals surface area contributed by atoms with Crippen molar-refractivity contribution < 1.29 is 9.66 Å². The summed E-state index contributed by atoms with van der Waals surface area (Å²) < 4.78 is 5.56. The molecule has 1 saturated heterocycles. The number of nitro benzene ring substituents is 1. The van der Waals surface area contributed by atoms with Gasteiger partial charge in [-0.15, -0.1) is 0 Å². The lowest BCUT2D eigenvalue weighted by atomic mass is 10.3. The van der Waals surface area contributed by atoms with Crippen LogP contribution in [-0.2, 0) is 0 Å². The van der Waals surface area contributed by atoms with Gasteiger partial charge in [0.15, 0.2) is 5.75 Å². The Balaban J connectivity index is 2.15. The molecule has 0 aromatic heterocycles. The number of rotatable bonds is 3. The Labute approximate surface area is 87.2 Å². The van der Waals surface area contributed by atoms with Crippen molar-refractivity contribution in [1.29, 1.82) is 0 Å². The van der Waals surface area contributed by atoms with E-state index in [0.717, 1.165) is 19.5 Å². The first-order valence-electron chi connectivity index (χ1n) is 4.88. The van der Waals surface area contributed by atoms with Gasteiger partial charge in [-0.05, 0) is 19.0 Å². The van der Waals surface area contributed by atoms with E-state index in [2.05, 4.69) is 5.32 Å². The Morgan fingerprint density at radius 3 is 2.93 bits per heavy atom. The smallest absolute Gasteiger partial charge is 0.310 e. The molecule has 80 valence electrons. The average Bonchev–Trinajstić information content (AvgIpc) is 2.71. The summed E-state index contributed by atoms with van der Waals surface area (Å²) in [7, 11) is 0. The Morgan fingerprint density at radius 1 is 1.47 bits per heavy atom. The summed E-state index contributed by atoms with van der Waals surface area (Å²) in [5.74, 6) is 0.358. The molecule has 5 heteroatoms. The summed E-state index contributed by atoms with van der Waals surface area (Å²) in [6.07, 6.45) is 0.942. The SMILES string of the molecule is O=[N+]([O-])c1ccccc1O[C@H]1CCNC1. The number of hydrogen-bond acceptors (Lipinski definition) is 4. The molecule has 1 N–H and O–H groups in total. The fourth-order valence-electron chi connectivity index (χ4n) is 1.62. The van der Waals surface area contributed by atoms with Crippen molar-refractivity contribution >= 4 is 5.69 Å². The zero-order valence-electron chi connectivity index (χ0n) is 8.18. The zero-order valence-corrected chi connectivity index (χ0v) is 8.18. The molecule has 2 rings (SSSR count). The van der Waals surface area contributed by atoms with Crippen LogP contribution in [0.2, 0.25) is 0 Å². The van der Waals surface area contributed by atoms with Crippen LogP contribution in [-0.4, -0.2) is 24.1 Å². The monoisotopic (exact) mass is 208 g/mol. The third-order valence-corrected chi connectivity index (χ3v) is 2.37. The van der Waals surface area contributed by atoms with E-state index in [-0.39, 0.29) is 11.8 Å². The molecular formula is C10H12N2O3. The third kappa shape index (κ3) is 2.24. The number of nitrogens with one attached hydrogen (secondary N) is 1. The quantitative estimate of drug-likeness (QED) is 0.601. The van der Waals surface area contributed by atoms with Crippen LogP contribution in [0, 0.1) is 10.1 Å². The minimum absolute atomic E-state index is 0.0319. The van der Waals surface area contributed by atoms with Gasteiger partial charge in [0.25, 0.3) is 0 Å². The largest absolute Gasteiger partial charge is 0.482 e. The van der Waals surface area contributed by atoms with Crippen molar-refractivity contribution in [1.82, 2.24) is 5.32 Å². The lowest BCUT2D eigenvalue weighted by molar-refractivity contribution is -0.386. The molecule has 0 spiro atoms. The van der Waals surface area contributed by atoms with Crippen LogP contribution >= 0.6 is 0 Å². The Morgan fingerprint density at radius 2 is 2.27 bits per heavy atom. The van der Waals surface area contributed by atoms with Crippen LogP contribution in [0.25, 0.3) is 0 Å². The molecule has 15 heavy (non-hydrogen) atoms. The topological polar surface area (TPSA) is 64.4 Å². The molecule has 1 heterocycles. The molecular weight excluding hydrogens is 196 g/mol. The van der Waals surface area contributed by atoms with Crippen LogP contribution in [0.1, 0.15) is 6.42 Å². The van der Waals surface area contributed by atoms with Gasteiger partial charge in [0.1, 0.15) is 6.10 Å². The van der Waals surface area contributed by atoms with Crippen LogP contribution in [0.3, 0.4) is 0 Å². The van der Waals surface area contributed by atoms with Gasteiger partial charge in [0.05, 0.1) is 4.92 Å². The normalized spacial score (nSPS) is 20.1. The highest BCUT2D eigenvalue weighted by Crippen LogP contribution is 2.27. The first kappa shape index (κ1) is 9.92. The molecule has 0 bridgehead atoms. The second-order valence-electron chi connectivity index (χ2n) is 3.46. The van der Waals surface area contributed by atoms with E-state index in [1.54, 1.807) is 18.2 Å². The van der Waals surface area contributed by atoms with Gasteiger partial charge in [0, 0.05) is 12.6 Å². The van der Waals surface area contributed by atoms with Crippen molar-refractivity contribution in [3.05, 3.63) is 34.4 Å². The molecule has 0 unspecified atom stereocenters. The lowest BCUT2D eigenvalue weighted by Crippen LogP contribution is -2.19. The number of para-hydroxylation sites is 2. The predicted molar refractivity (Wildman–Crippen MR) is 55.0 cm³/mol. The molecule has 0 saturated carbocycles. The highest BCUT2D eigenvalue weighted by Gasteiger charge is 2.20. The van der Waals surface area contributed by atoms with Crippen molar-refractivity contribution in [3.8, 4) is 5.75 Å². The summed E-state index contributed by atoms with van der Waals surface area (Å²) in [5, 5.41) is 13.9. The van der Waals surface area contributed by atoms with E-state index in [1.807, 2.05) is 0 Å². The zero-order chi connectivity index (χ0) is 10.7. The molecule has 1 aliphatic heterocycles. The van der Waals surface area contributed by atoms with E-state index in [9.17, 15) is 10.1 Å². The van der Waals surface area contributed by atoms with E-state index < -0.39 is 4.92 Å². The third-order valence-electron chi connectivity index (χ3n) is 2.37. The average molecular weight is 208 g/mol. The van der Waals surface area contributed by atoms with Crippen LogP contribution in [0.5, 0.6) is 5.75 Å². The lowest BCUT2D eigenvalue weighted by Gasteiger charge is -2.11.